The van der Waals surface area contributed by atoms with Gasteiger partial charge in [-0.05, 0) is 37.5 Å². The van der Waals surface area contributed by atoms with Gasteiger partial charge in [-0.15, -0.1) is 24.0 Å². The third-order valence-corrected chi connectivity index (χ3v) is 5.85. The molecule has 2 N–H and O–H groups in total. The Hall–Kier alpha value is -1.88. The summed E-state index contributed by atoms with van der Waals surface area (Å²) in [6.45, 7) is 9.35. The van der Waals surface area contributed by atoms with E-state index in [-0.39, 0.29) is 41.8 Å². The van der Waals surface area contributed by atoms with E-state index >= 15 is 0 Å². The highest BCUT2D eigenvalue weighted by atomic mass is 127. The quantitative estimate of drug-likeness (QED) is 0.338. The van der Waals surface area contributed by atoms with Crippen molar-refractivity contribution in [3.63, 3.8) is 0 Å². The van der Waals surface area contributed by atoms with Crippen LogP contribution in [0.2, 0.25) is 0 Å². The normalized spacial score (nSPS) is 18.4. The number of benzene rings is 1. The second-order valence-corrected chi connectivity index (χ2v) is 8.01. The fourth-order valence-electron chi connectivity index (χ4n) is 4.15. The molecule has 2 aliphatic rings. The number of aliphatic imine (C=N–C) groups is 1. The number of rotatable bonds is 5. The lowest BCUT2D eigenvalue weighted by atomic mass is 10.2. The molecule has 2 heterocycles. The van der Waals surface area contributed by atoms with Gasteiger partial charge < -0.3 is 20.4 Å². The third-order valence-electron chi connectivity index (χ3n) is 5.85. The van der Waals surface area contributed by atoms with E-state index < -0.39 is 0 Å². The first-order valence-corrected chi connectivity index (χ1v) is 10.8. The number of guanidine groups is 1. The zero-order valence-corrected chi connectivity index (χ0v) is 21.1. The van der Waals surface area contributed by atoms with Gasteiger partial charge in [0.25, 0.3) is 0 Å². The maximum absolute atomic E-state index is 12.7. The van der Waals surface area contributed by atoms with Crippen LogP contribution in [0.25, 0.3) is 0 Å². The van der Waals surface area contributed by atoms with Crippen molar-refractivity contribution in [1.29, 1.82) is 0 Å². The van der Waals surface area contributed by atoms with Crippen molar-refractivity contribution >= 4 is 47.4 Å². The number of likely N-dealkylation sites (tertiary alicyclic amines) is 1. The van der Waals surface area contributed by atoms with E-state index in [0.29, 0.717) is 6.54 Å². The lowest BCUT2D eigenvalue weighted by Crippen LogP contribution is -2.57. The fourth-order valence-corrected chi connectivity index (χ4v) is 4.15. The molecule has 0 radical (unpaired) electrons. The largest absolute Gasteiger partial charge is 0.352 e. The van der Waals surface area contributed by atoms with Gasteiger partial charge in [-0.25, -0.2) is 0 Å². The molecule has 1 atom stereocenters. The van der Waals surface area contributed by atoms with Crippen molar-refractivity contribution in [3.05, 3.63) is 29.8 Å². The summed E-state index contributed by atoms with van der Waals surface area (Å²) < 4.78 is 0. The molecule has 1 aromatic carbocycles. The Morgan fingerprint density at radius 1 is 1.06 bits per heavy atom. The van der Waals surface area contributed by atoms with Crippen LogP contribution in [0, 0.1) is 0 Å². The summed E-state index contributed by atoms with van der Waals surface area (Å²) in [5.41, 5.74) is 1.87. The van der Waals surface area contributed by atoms with Gasteiger partial charge >= 0.3 is 0 Å². The highest BCUT2D eigenvalue weighted by molar-refractivity contribution is 14.0. The average molecular weight is 542 g/mol. The molecule has 9 heteroatoms. The number of hydrogen-bond donors (Lipinski definition) is 2. The molecule has 1 unspecified atom stereocenters. The van der Waals surface area contributed by atoms with Crippen molar-refractivity contribution in [3.8, 4) is 0 Å². The van der Waals surface area contributed by atoms with Crippen molar-refractivity contribution in [2.75, 3.05) is 51.6 Å². The zero-order chi connectivity index (χ0) is 21.5. The van der Waals surface area contributed by atoms with E-state index in [1.165, 1.54) is 6.92 Å². The van der Waals surface area contributed by atoms with E-state index in [4.69, 9.17) is 0 Å². The van der Waals surface area contributed by atoms with Crippen LogP contribution in [0.1, 0.15) is 32.3 Å². The minimum absolute atomic E-state index is 0. The van der Waals surface area contributed by atoms with E-state index in [9.17, 15) is 9.59 Å². The monoisotopic (exact) mass is 542 g/mol. The number of halogens is 1. The van der Waals surface area contributed by atoms with Crippen molar-refractivity contribution in [1.82, 2.24) is 20.0 Å². The summed E-state index contributed by atoms with van der Waals surface area (Å²) in [6.07, 6.45) is 2.25. The lowest BCUT2D eigenvalue weighted by Gasteiger charge is -2.39. The number of nitrogens with zero attached hydrogens (tertiary/aromatic N) is 4. The number of hydrogen-bond acceptors (Lipinski definition) is 4. The van der Waals surface area contributed by atoms with Gasteiger partial charge in [-0.3, -0.25) is 19.5 Å². The predicted octanol–water partition coefficient (Wildman–Crippen LogP) is 1.97. The average Bonchev–Trinajstić information content (AvgIpc) is 3.28. The predicted molar refractivity (Wildman–Crippen MR) is 135 cm³/mol. The molecule has 31 heavy (non-hydrogen) atoms. The van der Waals surface area contributed by atoms with Crippen LogP contribution in [-0.4, -0.2) is 84.8 Å². The van der Waals surface area contributed by atoms with Crippen molar-refractivity contribution in [2.45, 2.75) is 39.3 Å². The first-order chi connectivity index (χ1) is 14.5. The molecule has 0 bridgehead atoms. The number of piperazine rings is 1. The molecule has 0 saturated carbocycles. The van der Waals surface area contributed by atoms with Crippen LogP contribution < -0.4 is 10.6 Å². The molecule has 2 amide bonds. The SMILES string of the molecule is CN=C(NCc1cccc(NC(C)=O)c1)N1CCN(C(C)C(=O)N2CCCC2)CC1.I. The second-order valence-electron chi connectivity index (χ2n) is 8.01. The first-order valence-electron chi connectivity index (χ1n) is 10.8. The van der Waals surface area contributed by atoms with Crippen molar-refractivity contribution < 1.29 is 9.59 Å². The zero-order valence-electron chi connectivity index (χ0n) is 18.8. The van der Waals surface area contributed by atoms with Crippen LogP contribution in [0.3, 0.4) is 0 Å². The van der Waals surface area contributed by atoms with E-state index in [0.717, 1.165) is 69.3 Å². The molecule has 172 valence electrons. The minimum Gasteiger partial charge on any atom is -0.352 e. The molecule has 8 nitrogen and oxygen atoms in total. The number of amides is 2. The Kier molecular flexibility index (Phi) is 10.0. The molecular weight excluding hydrogens is 507 g/mol. The number of anilines is 1. The maximum Gasteiger partial charge on any atom is 0.239 e. The molecule has 3 rings (SSSR count). The van der Waals surface area contributed by atoms with Crippen LogP contribution in [0.15, 0.2) is 29.3 Å². The molecule has 2 fully saturated rings. The maximum atomic E-state index is 12.7. The van der Waals surface area contributed by atoms with Gasteiger partial charge in [-0.1, -0.05) is 12.1 Å². The van der Waals surface area contributed by atoms with Crippen LogP contribution in [-0.2, 0) is 16.1 Å². The van der Waals surface area contributed by atoms with E-state index in [1.807, 2.05) is 36.1 Å². The first kappa shape index (κ1) is 25.4. The summed E-state index contributed by atoms with van der Waals surface area (Å²) in [5.74, 6) is 1.05. The Bertz CT molecular complexity index is 773. The van der Waals surface area contributed by atoms with Crippen LogP contribution in [0.4, 0.5) is 5.69 Å². The van der Waals surface area contributed by atoms with Gasteiger partial charge in [0.15, 0.2) is 5.96 Å². The van der Waals surface area contributed by atoms with E-state index in [2.05, 4.69) is 25.4 Å². The van der Waals surface area contributed by atoms with E-state index in [1.54, 1.807) is 7.05 Å². The summed E-state index contributed by atoms with van der Waals surface area (Å²) >= 11 is 0. The third kappa shape index (κ3) is 7.06. The standard InChI is InChI=1S/C22H34N6O2.HI/c1-17(21(30)27-9-4-5-10-27)26-11-13-28(14-12-26)22(23-3)24-16-19-7-6-8-20(15-19)25-18(2)29;/h6-8,15,17H,4-5,9-14,16H2,1-3H3,(H,23,24)(H,25,29);1H. The van der Waals surface area contributed by atoms with Crippen LogP contribution in [0.5, 0.6) is 0 Å². The summed E-state index contributed by atoms with van der Waals surface area (Å²) in [5, 5.41) is 6.23. The lowest BCUT2D eigenvalue weighted by molar-refractivity contribution is -0.135. The van der Waals surface area contributed by atoms with Gasteiger partial charge in [0.2, 0.25) is 11.8 Å². The smallest absolute Gasteiger partial charge is 0.239 e. The fraction of sp³-hybridized carbons (Fsp3) is 0.591. The highest BCUT2D eigenvalue weighted by Gasteiger charge is 2.30. The molecule has 1 aromatic rings. The summed E-state index contributed by atoms with van der Waals surface area (Å²) in [4.78, 5) is 34.9. The molecule has 0 aromatic heterocycles. The van der Waals surface area contributed by atoms with Gasteiger partial charge in [0.05, 0.1) is 6.04 Å². The summed E-state index contributed by atoms with van der Waals surface area (Å²) in [7, 11) is 1.79. The molecule has 0 spiro atoms. The molecule has 0 aliphatic carbocycles. The minimum atomic E-state index is -0.0776. The van der Waals surface area contributed by atoms with Gasteiger partial charge in [0.1, 0.15) is 0 Å². The second kappa shape index (κ2) is 12.2. The summed E-state index contributed by atoms with van der Waals surface area (Å²) in [6, 6.07) is 7.74. The van der Waals surface area contributed by atoms with Crippen molar-refractivity contribution in [2.24, 2.45) is 4.99 Å². The number of nitrogens with one attached hydrogen (secondary N) is 2. The van der Waals surface area contributed by atoms with Gasteiger partial charge in [0, 0.05) is 65.5 Å². The molecular formula is C22H35IN6O2. The Morgan fingerprint density at radius 3 is 2.35 bits per heavy atom. The highest BCUT2D eigenvalue weighted by Crippen LogP contribution is 2.14. The Morgan fingerprint density at radius 2 is 1.74 bits per heavy atom. The molecule has 2 saturated heterocycles. The topological polar surface area (TPSA) is 80.3 Å². The number of carbonyl (C=O) groups excluding carboxylic acids is 2. The molecule has 2 aliphatic heterocycles. The number of carbonyl (C=O) groups is 2. The van der Waals surface area contributed by atoms with Crippen LogP contribution >= 0.6 is 24.0 Å². The van der Waals surface area contributed by atoms with Gasteiger partial charge in [-0.2, -0.15) is 0 Å². The Labute approximate surface area is 202 Å². The Balaban J connectivity index is 0.00000341.